The van der Waals surface area contributed by atoms with Gasteiger partial charge in [0.2, 0.25) is 5.91 Å². The lowest BCUT2D eigenvalue weighted by atomic mass is 10.0. The number of pyridine rings is 2. The molecule has 1 aromatic carbocycles. The molecular weight excluding hydrogens is 426 g/mol. The second-order valence-corrected chi connectivity index (χ2v) is 7.89. The molecule has 4 aromatic rings. The van der Waals surface area contributed by atoms with Gasteiger partial charge in [-0.1, -0.05) is 30.7 Å². The number of benzene rings is 1. The van der Waals surface area contributed by atoms with Crippen molar-refractivity contribution in [2.24, 2.45) is 7.05 Å². The Balaban J connectivity index is 1.68. The van der Waals surface area contributed by atoms with E-state index in [1.54, 1.807) is 18.6 Å². The van der Waals surface area contributed by atoms with Crippen LogP contribution in [0.2, 0.25) is 5.02 Å². The molecule has 0 aliphatic carbocycles. The van der Waals surface area contributed by atoms with Crippen molar-refractivity contribution in [2.45, 2.75) is 33.4 Å². The Bertz CT molecular complexity index is 1280. The van der Waals surface area contributed by atoms with Gasteiger partial charge in [0.25, 0.3) is 0 Å². The van der Waals surface area contributed by atoms with E-state index in [4.69, 9.17) is 21.3 Å². The molecule has 7 nitrogen and oxygen atoms in total. The predicted molar refractivity (Wildman–Crippen MR) is 124 cm³/mol. The first-order chi connectivity index (χ1) is 15.5. The molecule has 8 heteroatoms. The lowest BCUT2D eigenvalue weighted by molar-refractivity contribution is -0.120. The van der Waals surface area contributed by atoms with Gasteiger partial charge in [0, 0.05) is 60.8 Å². The first kappa shape index (κ1) is 21.8. The summed E-state index contributed by atoms with van der Waals surface area (Å²) in [5.41, 5.74) is 5.31. The molecule has 0 bridgehead atoms. The van der Waals surface area contributed by atoms with Crippen molar-refractivity contribution in [1.29, 1.82) is 0 Å². The minimum atomic E-state index is -0.0340. The largest absolute Gasteiger partial charge is 0.487 e. The van der Waals surface area contributed by atoms with E-state index in [0.717, 1.165) is 39.0 Å². The highest BCUT2D eigenvalue weighted by Gasteiger charge is 2.15. The molecule has 0 atom stereocenters. The predicted octanol–water partition coefficient (Wildman–Crippen LogP) is 4.60. The van der Waals surface area contributed by atoms with Crippen LogP contribution in [0.25, 0.3) is 22.2 Å². The third-order valence-electron chi connectivity index (χ3n) is 5.29. The first-order valence-electron chi connectivity index (χ1n) is 10.4. The first-order valence-corrected chi connectivity index (χ1v) is 10.7. The third kappa shape index (κ3) is 4.43. The van der Waals surface area contributed by atoms with Gasteiger partial charge in [-0.3, -0.25) is 14.5 Å². The molecule has 0 unspecified atom stereocenters. The highest BCUT2D eigenvalue weighted by molar-refractivity contribution is 6.31. The van der Waals surface area contributed by atoms with Crippen molar-refractivity contribution in [3.63, 3.8) is 0 Å². The number of rotatable bonds is 7. The van der Waals surface area contributed by atoms with E-state index < -0.39 is 0 Å². The number of aryl methyl sites for hydroxylation is 2. The molecule has 0 saturated heterocycles. The average Bonchev–Trinajstić information content (AvgIpc) is 3.22. The van der Waals surface area contributed by atoms with Crippen LogP contribution in [0.4, 0.5) is 0 Å². The van der Waals surface area contributed by atoms with Crippen molar-refractivity contribution < 1.29 is 9.53 Å². The van der Waals surface area contributed by atoms with Gasteiger partial charge < -0.3 is 10.1 Å². The van der Waals surface area contributed by atoms with E-state index >= 15 is 0 Å². The summed E-state index contributed by atoms with van der Waals surface area (Å²) in [5, 5.41) is 8.64. The monoisotopic (exact) mass is 449 g/mol. The standard InChI is InChI=1S/C24H24ClN5O2/c1-4-23(31)27-12-16-11-26-13-20(25)19(16)14-32-22-7-5-6-17-18(10-15(2)29-24(17)22)21-8-9-28-30(21)3/h5-11,13H,4,12,14H2,1-3H3,(H,27,31). The van der Waals surface area contributed by atoms with Gasteiger partial charge >= 0.3 is 0 Å². The molecule has 0 radical (unpaired) electrons. The number of carbonyl (C=O) groups is 1. The maximum atomic E-state index is 11.7. The van der Waals surface area contributed by atoms with Gasteiger partial charge in [0.05, 0.1) is 10.7 Å². The van der Waals surface area contributed by atoms with Crippen molar-refractivity contribution in [1.82, 2.24) is 25.1 Å². The van der Waals surface area contributed by atoms with Crippen LogP contribution < -0.4 is 10.1 Å². The number of amides is 1. The molecule has 1 N–H and O–H groups in total. The van der Waals surface area contributed by atoms with E-state index in [0.29, 0.717) is 23.7 Å². The number of hydrogen-bond donors (Lipinski definition) is 1. The number of nitrogens with zero attached hydrogens (tertiary/aromatic N) is 4. The number of hydrogen-bond acceptors (Lipinski definition) is 5. The lowest BCUT2D eigenvalue weighted by Crippen LogP contribution is -2.22. The van der Waals surface area contributed by atoms with Crippen LogP contribution in [0.3, 0.4) is 0 Å². The Morgan fingerprint density at radius 1 is 1.25 bits per heavy atom. The Labute approximate surface area is 191 Å². The summed E-state index contributed by atoms with van der Waals surface area (Å²) >= 11 is 6.42. The summed E-state index contributed by atoms with van der Waals surface area (Å²) in [6.45, 7) is 4.35. The maximum absolute atomic E-state index is 11.7. The number of fused-ring (bicyclic) bond motifs is 1. The summed E-state index contributed by atoms with van der Waals surface area (Å²) in [5.74, 6) is 0.624. The van der Waals surface area contributed by atoms with Crippen molar-refractivity contribution >= 4 is 28.4 Å². The minimum Gasteiger partial charge on any atom is -0.487 e. The van der Waals surface area contributed by atoms with E-state index in [9.17, 15) is 4.79 Å². The molecule has 0 saturated carbocycles. The Hall–Kier alpha value is -3.45. The summed E-state index contributed by atoms with van der Waals surface area (Å²) in [7, 11) is 1.92. The van der Waals surface area contributed by atoms with Crippen LogP contribution in [0, 0.1) is 6.92 Å². The molecule has 3 aromatic heterocycles. The SMILES string of the molecule is CCC(=O)NCc1cncc(Cl)c1COc1cccc2c(-c3ccnn3C)cc(C)nc12. The molecule has 0 aliphatic rings. The molecule has 32 heavy (non-hydrogen) atoms. The van der Waals surface area contributed by atoms with Gasteiger partial charge in [-0.15, -0.1) is 0 Å². The van der Waals surface area contributed by atoms with Gasteiger partial charge in [-0.05, 0) is 30.7 Å². The summed E-state index contributed by atoms with van der Waals surface area (Å²) in [4.78, 5) is 20.6. The van der Waals surface area contributed by atoms with Gasteiger partial charge in [-0.25, -0.2) is 4.98 Å². The fraction of sp³-hybridized carbons (Fsp3) is 0.250. The number of halogens is 1. The normalized spacial score (nSPS) is 11.0. The number of nitrogens with one attached hydrogen (secondary N) is 1. The van der Waals surface area contributed by atoms with Gasteiger partial charge in [-0.2, -0.15) is 5.10 Å². The second-order valence-electron chi connectivity index (χ2n) is 7.48. The molecule has 0 fully saturated rings. The van der Waals surface area contributed by atoms with E-state index in [2.05, 4.69) is 21.5 Å². The Kier molecular flexibility index (Phi) is 6.37. The zero-order valence-corrected chi connectivity index (χ0v) is 19.0. The van der Waals surface area contributed by atoms with Crippen LogP contribution in [-0.2, 0) is 25.0 Å². The number of ether oxygens (including phenoxy) is 1. The minimum absolute atomic E-state index is 0.0340. The molecule has 3 heterocycles. The fourth-order valence-corrected chi connectivity index (χ4v) is 3.83. The molecule has 0 spiro atoms. The van der Waals surface area contributed by atoms with Crippen molar-refractivity contribution in [3.8, 4) is 17.0 Å². The van der Waals surface area contributed by atoms with E-state index in [-0.39, 0.29) is 12.5 Å². The molecule has 1 amide bonds. The lowest BCUT2D eigenvalue weighted by Gasteiger charge is -2.15. The zero-order valence-electron chi connectivity index (χ0n) is 18.2. The Morgan fingerprint density at radius 2 is 2.09 bits per heavy atom. The number of aromatic nitrogens is 4. The van der Waals surface area contributed by atoms with Crippen LogP contribution in [0.5, 0.6) is 5.75 Å². The van der Waals surface area contributed by atoms with Gasteiger partial charge in [0.15, 0.2) is 0 Å². The zero-order chi connectivity index (χ0) is 22.7. The third-order valence-corrected chi connectivity index (χ3v) is 5.62. The second kappa shape index (κ2) is 9.36. The fourth-order valence-electron chi connectivity index (χ4n) is 3.60. The molecular formula is C24H24ClN5O2. The number of para-hydroxylation sites is 1. The highest BCUT2D eigenvalue weighted by Crippen LogP contribution is 2.33. The number of carbonyl (C=O) groups excluding carboxylic acids is 1. The Morgan fingerprint density at radius 3 is 2.84 bits per heavy atom. The van der Waals surface area contributed by atoms with Gasteiger partial charge in [0.1, 0.15) is 17.9 Å². The molecule has 164 valence electrons. The summed E-state index contributed by atoms with van der Waals surface area (Å²) in [6.07, 6.45) is 5.48. The summed E-state index contributed by atoms with van der Waals surface area (Å²) in [6, 6.07) is 9.91. The van der Waals surface area contributed by atoms with Crippen LogP contribution in [-0.4, -0.2) is 25.7 Å². The van der Waals surface area contributed by atoms with Crippen molar-refractivity contribution in [2.75, 3.05) is 0 Å². The average molecular weight is 450 g/mol. The van der Waals surface area contributed by atoms with E-state index in [1.807, 2.05) is 49.8 Å². The van der Waals surface area contributed by atoms with Crippen LogP contribution in [0.1, 0.15) is 30.2 Å². The maximum Gasteiger partial charge on any atom is 0.219 e. The topological polar surface area (TPSA) is 81.9 Å². The van der Waals surface area contributed by atoms with E-state index in [1.165, 1.54) is 0 Å². The van der Waals surface area contributed by atoms with Crippen molar-refractivity contribution in [3.05, 3.63) is 70.8 Å². The molecule has 4 rings (SSSR count). The smallest absolute Gasteiger partial charge is 0.219 e. The van der Waals surface area contributed by atoms with Crippen LogP contribution in [0.15, 0.2) is 48.9 Å². The van der Waals surface area contributed by atoms with Crippen LogP contribution >= 0.6 is 11.6 Å². The molecule has 0 aliphatic heterocycles. The highest BCUT2D eigenvalue weighted by atomic mass is 35.5. The summed E-state index contributed by atoms with van der Waals surface area (Å²) < 4.78 is 8.05. The quantitative estimate of drug-likeness (QED) is 0.446.